The fraction of sp³-hybridized carbons (Fsp3) is 0.600. The van der Waals surface area contributed by atoms with Crippen LogP contribution in [0.5, 0.6) is 0 Å². The highest BCUT2D eigenvalue weighted by Gasteiger charge is 2.16. The first kappa shape index (κ1) is 10.9. The summed E-state index contributed by atoms with van der Waals surface area (Å²) in [7, 11) is 1.86. The van der Waals surface area contributed by atoms with Gasteiger partial charge in [-0.1, -0.05) is 0 Å². The molecule has 1 aromatic heterocycles. The number of hydrogen-bond acceptors (Lipinski definition) is 3. The van der Waals surface area contributed by atoms with E-state index in [0.29, 0.717) is 32.8 Å². The van der Waals surface area contributed by atoms with E-state index in [0.717, 1.165) is 5.69 Å². The SMILES string of the molecule is Cn1nccc1CNC(=O)N1CCOCC1. The van der Waals surface area contributed by atoms with Crippen molar-refractivity contribution in [2.45, 2.75) is 6.54 Å². The molecule has 0 spiro atoms. The van der Waals surface area contributed by atoms with Crippen LogP contribution in [0.2, 0.25) is 0 Å². The van der Waals surface area contributed by atoms with Gasteiger partial charge in [0.25, 0.3) is 0 Å². The molecule has 16 heavy (non-hydrogen) atoms. The largest absolute Gasteiger partial charge is 0.378 e. The van der Waals surface area contributed by atoms with Gasteiger partial charge >= 0.3 is 6.03 Å². The summed E-state index contributed by atoms with van der Waals surface area (Å²) < 4.78 is 6.93. The van der Waals surface area contributed by atoms with Crippen LogP contribution in [0.15, 0.2) is 12.3 Å². The highest BCUT2D eigenvalue weighted by Crippen LogP contribution is 1.99. The van der Waals surface area contributed by atoms with Crippen LogP contribution < -0.4 is 5.32 Å². The van der Waals surface area contributed by atoms with E-state index in [4.69, 9.17) is 4.74 Å². The van der Waals surface area contributed by atoms with E-state index in [-0.39, 0.29) is 6.03 Å². The van der Waals surface area contributed by atoms with Gasteiger partial charge in [-0.25, -0.2) is 4.79 Å². The standard InChI is InChI=1S/C10H16N4O2/c1-13-9(2-3-12-13)8-11-10(15)14-4-6-16-7-5-14/h2-3H,4-8H2,1H3,(H,11,15). The van der Waals surface area contributed by atoms with Gasteiger partial charge in [-0.2, -0.15) is 5.10 Å². The molecule has 2 heterocycles. The van der Waals surface area contributed by atoms with E-state index >= 15 is 0 Å². The molecule has 1 aliphatic rings. The minimum Gasteiger partial charge on any atom is -0.378 e. The molecule has 6 heteroatoms. The van der Waals surface area contributed by atoms with E-state index in [2.05, 4.69) is 10.4 Å². The van der Waals surface area contributed by atoms with Gasteiger partial charge in [0.15, 0.2) is 0 Å². The molecule has 1 N–H and O–H groups in total. The van der Waals surface area contributed by atoms with E-state index in [9.17, 15) is 4.79 Å². The van der Waals surface area contributed by atoms with Gasteiger partial charge in [-0.3, -0.25) is 4.68 Å². The third-order valence-corrected chi connectivity index (χ3v) is 2.64. The van der Waals surface area contributed by atoms with Gasteiger partial charge in [0.1, 0.15) is 0 Å². The van der Waals surface area contributed by atoms with Crippen LogP contribution in [0.4, 0.5) is 4.79 Å². The second-order valence-electron chi connectivity index (χ2n) is 3.70. The number of morpholine rings is 1. The fourth-order valence-electron chi connectivity index (χ4n) is 1.62. The zero-order chi connectivity index (χ0) is 11.4. The number of rotatable bonds is 2. The number of aromatic nitrogens is 2. The second kappa shape index (κ2) is 4.98. The molecule has 0 aromatic carbocycles. The molecule has 2 amide bonds. The third kappa shape index (κ3) is 2.52. The van der Waals surface area contributed by atoms with Gasteiger partial charge in [-0.05, 0) is 6.07 Å². The highest BCUT2D eigenvalue weighted by atomic mass is 16.5. The molecule has 0 saturated carbocycles. The Balaban J connectivity index is 1.81. The first-order valence-electron chi connectivity index (χ1n) is 5.35. The molecular formula is C10H16N4O2. The normalized spacial score (nSPS) is 16.2. The van der Waals surface area contributed by atoms with Gasteiger partial charge in [-0.15, -0.1) is 0 Å². The molecule has 1 aliphatic heterocycles. The van der Waals surface area contributed by atoms with Crippen LogP contribution >= 0.6 is 0 Å². The Labute approximate surface area is 94.2 Å². The summed E-state index contributed by atoms with van der Waals surface area (Å²) in [6.07, 6.45) is 1.72. The van der Waals surface area contributed by atoms with Crippen molar-refractivity contribution < 1.29 is 9.53 Å². The minimum atomic E-state index is -0.0375. The first-order valence-corrected chi connectivity index (χ1v) is 5.35. The number of ether oxygens (including phenoxy) is 1. The Morgan fingerprint density at radius 2 is 2.31 bits per heavy atom. The van der Waals surface area contributed by atoms with Gasteiger partial charge in [0.05, 0.1) is 25.5 Å². The molecule has 6 nitrogen and oxygen atoms in total. The summed E-state index contributed by atoms with van der Waals surface area (Å²) in [6.45, 7) is 3.08. The van der Waals surface area contributed by atoms with Crippen molar-refractivity contribution in [3.8, 4) is 0 Å². The molecule has 1 saturated heterocycles. The Bertz CT molecular complexity index is 357. The summed E-state index contributed by atoms with van der Waals surface area (Å²) in [4.78, 5) is 13.5. The fourth-order valence-corrected chi connectivity index (χ4v) is 1.62. The summed E-state index contributed by atoms with van der Waals surface area (Å²) >= 11 is 0. The topological polar surface area (TPSA) is 59.4 Å². The van der Waals surface area contributed by atoms with E-state index in [1.807, 2.05) is 13.1 Å². The number of carbonyl (C=O) groups is 1. The number of urea groups is 1. The lowest BCUT2D eigenvalue weighted by Gasteiger charge is -2.26. The third-order valence-electron chi connectivity index (χ3n) is 2.64. The molecule has 0 radical (unpaired) electrons. The quantitative estimate of drug-likeness (QED) is 0.767. The van der Waals surface area contributed by atoms with Crippen molar-refractivity contribution in [3.63, 3.8) is 0 Å². The molecule has 0 atom stereocenters. The summed E-state index contributed by atoms with van der Waals surface area (Å²) in [5.41, 5.74) is 0.988. The lowest BCUT2D eigenvalue weighted by atomic mass is 10.4. The van der Waals surface area contributed by atoms with Crippen molar-refractivity contribution in [2.24, 2.45) is 7.05 Å². The van der Waals surface area contributed by atoms with Crippen molar-refractivity contribution in [1.29, 1.82) is 0 Å². The zero-order valence-electron chi connectivity index (χ0n) is 9.35. The number of amides is 2. The average molecular weight is 224 g/mol. The van der Waals surface area contributed by atoms with Crippen LogP contribution in [0.3, 0.4) is 0 Å². The Hall–Kier alpha value is -1.56. The van der Waals surface area contributed by atoms with E-state index in [1.165, 1.54) is 0 Å². The molecule has 1 aromatic rings. The van der Waals surface area contributed by atoms with Gasteiger partial charge in [0.2, 0.25) is 0 Å². The Kier molecular flexibility index (Phi) is 3.40. The lowest BCUT2D eigenvalue weighted by molar-refractivity contribution is 0.0531. The highest BCUT2D eigenvalue weighted by molar-refractivity contribution is 5.74. The van der Waals surface area contributed by atoms with Crippen LogP contribution in [0.25, 0.3) is 0 Å². The monoisotopic (exact) mass is 224 g/mol. The minimum absolute atomic E-state index is 0.0375. The van der Waals surface area contributed by atoms with Crippen molar-refractivity contribution in [3.05, 3.63) is 18.0 Å². The van der Waals surface area contributed by atoms with Crippen LogP contribution in [0.1, 0.15) is 5.69 Å². The predicted molar refractivity (Wildman–Crippen MR) is 57.8 cm³/mol. The number of hydrogen-bond donors (Lipinski definition) is 1. The van der Waals surface area contributed by atoms with Gasteiger partial charge < -0.3 is 15.0 Å². The average Bonchev–Trinajstić information content (AvgIpc) is 2.73. The van der Waals surface area contributed by atoms with E-state index in [1.54, 1.807) is 15.8 Å². The summed E-state index contributed by atoms with van der Waals surface area (Å²) in [5.74, 6) is 0. The predicted octanol–water partition coefficient (Wildman–Crippen LogP) is -0.0381. The molecule has 0 aliphatic carbocycles. The van der Waals surface area contributed by atoms with E-state index < -0.39 is 0 Å². The van der Waals surface area contributed by atoms with Crippen LogP contribution in [0, 0.1) is 0 Å². The maximum absolute atomic E-state index is 11.7. The molecule has 88 valence electrons. The number of nitrogens with zero attached hydrogens (tertiary/aromatic N) is 3. The van der Waals surface area contributed by atoms with Crippen LogP contribution in [-0.4, -0.2) is 47.0 Å². The Morgan fingerprint density at radius 1 is 1.56 bits per heavy atom. The maximum atomic E-state index is 11.7. The zero-order valence-corrected chi connectivity index (χ0v) is 9.35. The molecule has 0 bridgehead atoms. The molecule has 2 rings (SSSR count). The lowest BCUT2D eigenvalue weighted by Crippen LogP contribution is -2.46. The first-order chi connectivity index (χ1) is 7.77. The molecule has 1 fully saturated rings. The summed E-state index contributed by atoms with van der Waals surface area (Å²) in [6, 6.07) is 1.85. The molecular weight excluding hydrogens is 208 g/mol. The number of aryl methyl sites for hydroxylation is 1. The maximum Gasteiger partial charge on any atom is 0.317 e. The Morgan fingerprint density at radius 3 is 2.94 bits per heavy atom. The summed E-state index contributed by atoms with van der Waals surface area (Å²) in [5, 5.41) is 6.91. The van der Waals surface area contributed by atoms with Gasteiger partial charge in [0, 0.05) is 26.3 Å². The van der Waals surface area contributed by atoms with Crippen molar-refractivity contribution in [1.82, 2.24) is 20.0 Å². The second-order valence-corrected chi connectivity index (χ2v) is 3.70. The van der Waals surface area contributed by atoms with Crippen molar-refractivity contribution in [2.75, 3.05) is 26.3 Å². The van der Waals surface area contributed by atoms with Crippen molar-refractivity contribution >= 4 is 6.03 Å². The number of carbonyl (C=O) groups excluding carboxylic acids is 1. The smallest absolute Gasteiger partial charge is 0.317 e. The molecule has 0 unspecified atom stereocenters. The van der Waals surface area contributed by atoms with Crippen LogP contribution in [-0.2, 0) is 18.3 Å². The number of nitrogens with one attached hydrogen (secondary N) is 1.